The van der Waals surface area contributed by atoms with E-state index < -0.39 is 16.5 Å². The normalized spacial score (nSPS) is 15.0. The molecule has 2 atom stereocenters. The molecule has 0 aliphatic rings. The maximum Gasteiger partial charge on any atom is 0.397 e. The lowest BCUT2D eigenvalue weighted by molar-refractivity contribution is 0.0425. The zero-order valence-corrected chi connectivity index (χ0v) is 14.2. The average Bonchev–Trinajstić information content (AvgIpc) is 2.38. The van der Waals surface area contributed by atoms with Gasteiger partial charge in [0.05, 0.1) is 6.61 Å². The topological polar surface area (TPSA) is 72.8 Å². The van der Waals surface area contributed by atoms with Crippen LogP contribution in [0.15, 0.2) is 0 Å². The lowest BCUT2D eigenvalue weighted by atomic mass is 9.96. The third-order valence-corrected chi connectivity index (χ3v) is 3.86. The van der Waals surface area contributed by atoms with E-state index >= 15 is 0 Å². The highest BCUT2D eigenvalue weighted by Gasteiger charge is 2.14. The maximum absolute atomic E-state index is 10.5. The molecule has 21 heavy (non-hydrogen) atoms. The van der Waals surface area contributed by atoms with E-state index in [0.717, 1.165) is 19.3 Å². The smallest absolute Gasteiger partial charge is 0.378 e. The summed E-state index contributed by atoms with van der Waals surface area (Å²) in [5.41, 5.74) is 0. The summed E-state index contributed by atoms with van der Waals surface area (Å²) in [4.78, 5) is 0. The van der Waals surface area contributed by atoms with Crippen molar-refractivity contribution in [3.05, 3.63) is 6.92 Å². The van der Waals surface area contributed by atoms with Crippen LogP contribution in [0.2, 0.25) is 0 Å². The minimum Gasteiger partial charge on any atom is -0.378 e. The van der Waals surface area contributed by atoms with Gasteiger partial charge in [0.1, 0.15) is 6.10 Å². The second-order valence-electron chi connectivity index (χ2n) is 5.54. The van der Waals surface area contributed by atoms with Crippen LogP contribution in [0.1, 0.15) is 65.2 Å². The molecule has 1 radical (unpaired) electrons. The molecule has 0 aliphatic carbocycles. The molecule has 0 saturated heterocycles. The first-order valence-corrected chi connectivity index (χ1v) is 9.32. The second kappa shape index (κ2) is 12.4. The molecule has 6 heteroatoms. The molecular formula is C15H31O5S. The van der Waals surface area contributed by atoms with Crippen molar-refractivity contribution in [3.8, 4) is 0 Å². The lowest BCUT2D eigenvalue weighted by Gasteiger charge is -2.18. The molecular weight excluding hydrogens is 292 g/mol. The van der Waals surface area contributed by atoms with Gasteiger partial charge in [-0.3, -0.25) is 4.55 Å². The van der Waals surface area contributed by atoms with Crippen molar-refractivity contribution in [1.82, 2.24) is 0 Å². The van der Waals surface area contributed by atoms with Crippen molar-refractivity contribution in [2.45, 2.75) is 71.3 Å². The zero-order chi connectivity index (χ0) is 16.1. The van der Waals surface area contributed by atoms with Gasteiger partial charge in [0.15, 0.2) is 0 Å². The Morgan fingerprint density at radius 3 is 2.19 bits per heavy atom. The highest BCUT2D eigenvalue weighted by atomic mass is 32.3. The van der Waals surface area contributed by atoms with Crippen LogP contribution in [0, 0.1) is 12.8 Å². The van der Waals surface area contributed by atoms with Gasteiger partial charge in [-0.1, -0.05) is 52.4 Å². The number of hydrogen-bond acceptors (Lipinski definition) is 4. The number of unbranched alkanes of at least 4 members (excludes halogenated alkanes) is 4. The van der Waals surface area contributed by atoms with E-state index in [9.17, 15) is 8.42 Å². The molecule has 1 N–H and O–H groups in total. The molecule has 0 saturated carbocycles. The van der Waals surface area contributed by atoms with Crippen LogP contribution < -0.4 is 0 Å². The monoisotopic (exact) mass is 323 g/mol. The summed E-state index contributed by atoms with van der Waals surface area (Å²) in [5.74, 6) is 0.500. The fourth-order valence-electron chi connectivity index (χ4n) is 2.23. The standard InChI is InChI=1S/C15H31O5S/c1-4-6-8-9-11-15(10-7-5-2)13-19-12-14(3)20-21(16,17)18/h14-15H,3-13H2,1-2H3,(H,16,17,18). The van der Waals surface area contributed by atoms with E-state index in [4.69, 9.17) is 9.29 Å². The van der Waals surface area contributed by atoms with Gasteiger partial charge in [0.2, 0.25) is 0 Å². The summed E-state index contributed by atoms with van der Waals surface area (Å²) in [6.45, 7) is 8.50. The summed E-state index contributed by atoms with van der Waals surface area (Å²) >= 11 is 0. The SMILES string of the molecule is [CH2]C(COCC(CCCC)CCCCCC)OS(=O)(=O)O. The van der Waals surface area contributed by atoms with Gasteiger partial charge in [0, 0.05) is 6.61 Å². The zero-order valence-electron chi connectivity index (χ0n) is 13.4. The van der Waals surface area contributed by atoms with Crippen LogP contribution >= 0.6 is 0 Å². The van der Waals surface area contributed by atoms with E-state index in [1.54, 1.807) is 0 Å². The van der Waals surface area contributed by atoms with E-state index in [1.807, 2.05) is 0 Å². The number of rotatable bonds is 14. The minimum absolute atomic E-state index is 0.0668. The van der Waals surface area contributed by atoms with Gasteiger partial charge in [0.25, 0.3) is 0 Å². The van der Waals surface area contributed by atoms with Gasteiger partial charge < -0.3 is 4.74 Å². The second-order valence-corrected chi connectivity index (χ2v) is 6.59. The lowest BCUT2D eigenvalue weighted by Crippen LogP contribution is -2.22. The molecule has 0 bridgehead atoms. The Labute approximate surface area is 130 Å². The average molecular weight is 323 g/mol. The molecule has 0 spiro atoms. The molecule has 0 heterocycles. The molecule has 0 aliphatic heterocycles. The Hall–Kier alpha value is -0.170. The van der Waals surface area contributed by atoms with Gasteiger partial charge in [-0.15, -0.1) is 0 Å². The predicted molar refractivity (Wildman–Crippen MR) is 84.4 cm³/mol. The Balaban J connectivity index is 3.93. The van der Waals surface area contributed by atoms with Crippen LogP contribution in [-0.2, 0) is 19.3 Å². The van der Waals surface area contributed by atoms with Crippen LogP contribution in [0.3, 0.4) is 0 Å². The van der Waals surface area contributed by atoms with Gasteiger partial charge in [-0.2, -0.15) is 8.42 Å². The predicted octanol–water partition coefficient (Wildman–Crippen LogP) is 3.80. The number of ether oxygens (including phenoxy) is 1. The first-order chi connectivity index (χ1) is 9.89. The summed E-state index contributed by atoms with van der Waals surface area (Å²) in [6, 6.07) is 0. The van der Waals surface area contributed by atoms with Gasteiger partial charge in [-0.05, 0) is 25.7 Å². The van der Waals surface area contributed by atoms with E-state index in [-0.39, 0.29) is 6.61 Å². The van der Waals surface area contributed by atoms with Gasteiger partial charge in [-0.25, -0.2) is 4.18 Å². The fraction of sp³-hybridized carbons (Fsp3) is 0.933. The van der Waals surface area contributed by atoms with Crippen LogP contribution in [-0.4, -0.2) is 32.3 Å². The largest absolute Gasteiger partial charge is 0.397 e. The Morgan fingerprint density at radius 2 is 1.62 bits per heavy atom. The third-order valence-electron chi connectivity index (χ3n) is 3.35. The molecule has 0 aromatic rings. The molecule has 127 valence electrons. The van der Waals surface area contributed by atoms with Crippen molar-refractivity contribution in [3.63, 3.8) is 0 Å². The summed E-state index contributed by atoms with van der Waals surface area (Å²) < 4.78 is 39.4. The quantitative estimate of drug-likeness (QED) is 0.389. The minimum atomic E-state index is -4.45. The fourth-order valence-corrected chi connectivity index (χ4v) is 2.63. The molecule has 5 nitrogen and oxygen atoms in total. The molecule has 0 aromatic heterocycles. The van der Waals surface area contributed by atoms with Crippen molar-refractivity contribution in [1.29, 1.82) is 0 Å². The molecule has 0 rings (SSSR count). The highest BCUT2D eigenvalue weighted by Crippen LogP contribution is 2.18. The van der Waals surface area contributed by atoms with Crippen molar-refractivity contribution in [2.24, 2.45) is 5.92 Å². The van der Waals surface area contributed by atoms with Crippen LogP contribution in [0.4, 0.5) is 0 Å². The highest BCUT2D eigenvalue weighted by molar-refractivity contribution is 7.80. The first kappa shape index (κ1) is 20.8. The van der Waals surface area contributed by atoms with Crippen LogP contribution in [0.5, 0.6) is 0 Å². The van der Waals surface area contributed by atoms with Gasteiger partial charge >= 0.3 is 10.4 Å². The Morgan fingerprint density at radius 1 is 1.00 bits per heavy atom. The van der Waals surface area contributed by atoms with Crippen molar-refractivity contribution in [2.75, 3.05) is 13.2 Å². The maximum atomic E-state index is 10.5. The first-order valence-electron chi connectivity index (χ1n) is 7.95. The van der Waals surface area contributed by atoms with Crippen molar-refractivity contribution < 1.29 is 21.9 Å². The van der Waals surface area contributed by atoms with Crippen LogP contribution in [0.25, 0.3) is 0 Å². The third kappa shape index (κ3) is 14.5. The van der Waals surface area contributed by atoms with E-state index in [1.165, 1.54) is 32.1 Å². The van der Waals surface area contributed by atoms with E-state index in [0.29, 0.717) is 12.5 Å². The molecule has 2 unspecified atom stereocenters. The van der Waals surface area contributed by atoms with E-state index in [2.05, 4.69) is 25.0 Å². The Kier molecular flexibility index (Phi) is 12.3. The summed E-state index contributed by atoms with van der Waals surface area (Å²) in [6.07, 6.45) is 8.66. The Bertz CT molecular complexity index is 329. The van der Waals surface area contributed by atoms with Crippen molar-refractivity contribution >= 4 is 10.4 Å². The summed E-state index contributed by atoms with van der Waals surface area (Å²) in [5, 5.41) is 0. The summed E-state index contributed by atoms with van der Waals surface area (Å²) in [7, 11) is -4.45. The molecule has 0 aromatic carbocycles. The molecule has 0 fully saturated rings. The number of hydrogen-bond donors (Lipinski definition) is 1. The molecule has 0 amide bonds.